The number of benzene rings is 2. The SMILES string of the molecule is CCOc1ccc2c(CCNCc3cccc(OCC(F)(F)F)c3)c[nH]c2c1. The Labute approximate surface area is 161 Å². The molecule has 0 aliphatic heterocycles. The molecular formula is C21H23F3N2O2. The summed E-state index contributed by atoms with van der Waals surface area (Å²) in [6.45, 7) is 2.60. The van der Waals surface area contributed by atoms with Crippen molar-refractivity contribution in [1.82, 2.24) is 10.3 Å². The molecule has 2 aromatic carbocycles. The van der Waals surface area contributed by atoms with E-state index in [9.17, 15) is 13.2 Å². The average molecular weight is 392 g/mol. The van der Waals surface area contributed by atoms with Crippen LogP contribution in [0.4, 0.5) is 13.2 Å². The molecule has 0 saturated heterocycles. The molecule has 0 fully saturated rings. The third-order valence-electron chi connectivity index (χ3n) is 4.25. The monoisotopic (exact) mass is 392 g/mol. The van der Waals surface area contributed by atoms with Crippen LogP contribution in [-0.2, 0) is 13.0 Å². The fourth-order valence-electron chi connectivity index (χ4n) is 2.99. The van der Waals surface area contributed by atoms with Gasteiger partial charge in [-0.3, -0.25) is 0 Å². The van der Waals surface area contributed by atoms with Crippen LogP contribution in [0.1, 0.15) is 18.1 Å². The van der Waals surface area contributed by atoms with E-state index in [4.69, 9.17) is 9.47 Å². The largest absolute Gasteiger partial charge is 0.494 e. The summed E-state index contributed by atoms with van der Waals surface area (Å²) >= 11 is 0. The number of aromatic nitrogens is 1. The van der Waals surface area contributed by atoms with Crippen LogP contribution in [0.3, 0.4) is 0 Å². The molecule has 3 aromatic rings. The van der Waals surface area contributed by atoms with Crippen LogP contribution in [0.5, 0.6) is 11.5 Å². The number of alkyl halides is 3. The predicted octanol–water partition coefficient (Wildman–Crippen LogP) is 4.84. The second-order valence-electron chi connectivity index (χ2n) is 6.43. The van der Waals surface area contributed by atoms with E-state index in [1.54, 1.807) is 12.1 Å². The number of hydrogen-bond acceptors (Lipinski definition) is 3. The lowest BCUT2D eigenvalue weighted by Gasteiger charge is -2.10. The molecule has 1 aromatic heterocycles. The van der Waals surface area contributed by atoms with Gasteiger partial charge in [0.05, 0.1) is 6.61 Å². The molecule has 0 bridgehead atoms. The van der Waals surface area contributed by atoms with E-state index in [0.29, 0.717) is 13.2 Å². The average Bonchev–Trinajstić information content (AvgIpc) is 3.06. The molecule has 0 atom stereocenters. The molecule has 0 unspecified atom stereocenters. The highest BCUT2D eigenvalue weighted by Gasteiger charge is 2.28. The number of fused-ring (bicyclic) bond motifs is 1. The molecule has 150 valence electrons. The zero-order valence-electron chi connectivity index (χ0n) is 15.6. The van der Waals surface area contributed by atoms with Gasteiger partial charge in [0.25, 0.3) is 0 Å². The summed E-state index contributed by atoms with van der Waals surface area (Å²) < 4.78 is 47.0. The number of hydrogen-bond donors (Lipinski definition) is 2. The van der Waals surface area contributed by atoms with E-state index in [0.717, 1.165) is 35.2 Å². The van der Waals surface area contributed by atoms with E-state index in [-0.39, 0.29) is 5.75 Å². The summed E-state index contributed by atoms with van der Waals surface area (Å²) in [6.07, 6.45) is -1.51. The summed E-state index contributed by atoms with van der Waals surface area (Å²) in [5.74, 6) is 1.06. The van der Waals surface area contributed by atoms with Gasteiger partial charge in [0.15, 0.2) is 6.61 Å². The van der Waals surface area contributed by atoms with Crippen molar-refractivity contribution < 1.29 is 22.6 Å². The van der Waals surface area contributed by atoms with E-state index < -0.39 is 12.8 Å². The molecule has 0 aliphatic carbocycles. The fraction of sp³-hybridized carbons (Fsp3) is 0.333. The Balaban J connectivity index is 1.50. The van der Waals surface area contributed by atoms with Crippen LogP contribution in [0, 0.1) is 0 Å². The Morgan fingerprint density at radius 1 is 1.04 bits per heavy atom. The van der Waals surface area contributed by atoms with Crippen molar-refractivity contribution in [3.63, 3.8) is 0 Å². The molecule has 0 aliphatic rings. The van der Waals surface area contributed by atoms with Crippen molar-refractivity contribution >= 4 is 10.9 Å². The summed E-state index contributed by atoms with van der Waals surface area (Å²) in [4.78, 5) is 3.26. The van der Waals surface area contributed by atoms with Crippen molar-refractivity contribution in [2.24, 2.45) is 0 Å². The standard InChI is InChI=1S/C21H23F3N2O2/c1-2-27-18-6-7-19-16(13-26-20(19)11-18)8-9-25-12-15-4-3-5-17(10-15)28-14-21(22,23)24/h3-7,10-11,13,25-26H,2,8-9,12,14H2,1H3. The lowest BCUT2D eigenvalue weighted by Crippen LogP contribution is -2.19. The molecule has 0 amide bonds. The minimum absolute atomic E-state index is 0.221. The maximum absolute atomic E-state index is 12.2. The fourth-order valence-corrected chi connectivity index (χ4v) is 2.99. The third-order valence-corrected chi connectivity index (χ3v) is 4.25. The van der Waals surface area contributed by atoms with Crippen LogP contribution < -0.4 is 14.8 Å². The van der Waals surface area contributed by atoms with E-state index in [1.165, 1.54) is 11.6 Å². The van der Waals surface area contributed by atoms with Gasteiger partial charge in [-0.1, -0.05) is 12.1 Å². The molecule has 0 radical (unpaired) electrons. The number of H-pyrrole nitrogens is 1. The number of rotatable bonds is 9. The van der Waals surface area contributed by atoms with Crippen LogP contribution in [-0.4, -0.2) is 30.9 Å². The summed E-state index contributed by atoms with van der Waals surface area (Å²) in [7, 11) is 0. The number of nitrogens with one attached hydrogen (secondary N) is 2. The van der Waals surface area contributed by atoms with Crippen LogP contribution >= 0.6 is 0 Å². The number of ether oxygens (including phenoxy) is 2. The number of halogens is 3. The second kappa shape index (κ2) is 9.01. The van der Waals surface area contributed by atoms with Gasteiger partial charge in [-0.05, 0) is 55.3 Å². The van der Waals surface area contributed by atoms with Crippen molar-refractivity contribution in [1.29, 1.82) is 0 Å². The highest BCUT2D eigenvalue weighted by molar-refractivity contribution is 5.84. The quantitative estimate of drug-likeness (QED) is 0.512. The summed E-state index contributed by atoms with van der Waals surface area (Å²) in [6, 6.07) is 12.7. The minimum atomic E-state index is -4.34. The molecule has 0 spiro atoms. The maximum Gasteiger partial charge on any atom is 0.422 e. The number of aromatic amines is 1. The second-order valence-corrected chi connectivity index (χ2v) is 6.43. The van der Waals surface area contributed by atoms with E-state index in [2.05, 4.69) is 10.3 Å². The van der Waals surface area contributed by atoms with Crippen LogP contribution in [0.2, 0.25) is 0 Å². The summed E-state index contributed by atoms with van der Waals surface area (Å²) in [5.41, 5.74) is 3.11. The topological polar surface area (TPSA) is 46.3 Å². The lowest BCUT2D eigenvalue weighted by atomic mass is 10.1. The first kappa shape index (κ1) is 20.1. The van der Waals surface area contributed by atoms with Crippen molar-refractivity contribution in [3.8, 4) is 11.5 Å². The van der Waals surface area contributed by atoms with Crippen molar-refractivity contribution in [2.45, 2.75) is 26.1 Å². The third kappa shape index (κ3) is 5.66. The van der Waals surface area contributed by atoms with Gasteiger partial charge in [-0.2, -0.15) is 13.2 Å². The minimum Gasteiger partial charge on any atom is -0.494 e. The molecule has 7 heteroatoms. The molecule has 0 saturated carbocycles. The van der Waals surface area contributed by atoms with Gasteiger partial charge in [-0.15, -0.1) is 0 Å². The van der Waals surface area contributed by atoms with Crippen LogP contribution in [0.25, 0.3) is 10.9 Å². The van der Waals surface area contributed by atoms with Gasteiger partial charge in [-0.25, -0.2) is 0 Å². The molecule has 3 rings (SSSR count). The van der Waals surface area contributed by atoms with Gasteiger partial charge in [0.2, 0.25) is 0 Å². The molecule has 4 nitrogen and oxygen atoms in total. The normalized spacial score (nSPS) is 11.7. The Morgan fingerprint density at radius 2 is 1.86 bits per heavy atom. The van der Waals surface area contributed by atoms with Gasteiger partial charge in [0, 0.05) is 29.7 Å². The summed E-state index contributed by atoms with van der Waals surface area (Å²) in [5, 5.41) is 4.48. The van der Waals surface area contributed by atoms with Crippen molar-refractivity contribution in [3.05, 3.63) is 59.8 Å². The Morgan fingerprint density at radius 3 is 2.64 bits per heavy atom. The molecule has 1 heterocycles. The van der Waals surface area contributed by atoms with Crippen molar-refractivity contribution in [2.75, 3.05) is 19.8 Å². The van der Waals surface area contributed by atoms with E-state index in [1.807, 2.05) is 37.4 Å². The van der Waals surface area contributed by atoms with Crippen LogP contribution in [0.15, 0.2) is 48.7 Å². The molecule has 2 N–H and O–H groups in total. The highest BCUT2D eigenvalue weighted by Crippen LogP contribution is 2.24. The van der Waals surface area contributed by atoms with Gasteiger partial charge in [0.1, 0.15) is 11.5 Å². The zero-order chi connectivity index (χ0) is 20.0. The zero-order valence-corrected chi connectivity index (χ0v) is 15.6. The van der Waals surface area contributed by atoms with Gasteiger partial charge >= 0.3 is 6.18 Å². The molecular weight excluding hydrogens is 369 g/mol. The first-order valence-electron chi connectivity index (χ1n) is 9.16. The first-order chi connectivity index (χ1) is 13.4. The smallest absolute Gasteiger partial charge is 0.422 e. The first-order valence-corrected chi connectivity index (χ1v) is 9.16. The lowest BCUT2D eigenvalue weighted by molar-refractivity contribution is -0.153. The Hall–Kier alpha value is -2.67. The van der Waals surface area contributed by atoms with E-state index >= 15 is 0 Å². The van der Waals surface area contributed by atoms with Gasteiger partial charge < -0.3 is 19.8 Å². The highest BCUT2D eigenvalue weighted by atomic mass is 19.4. The predicted molar refractivity (Wildman–Crippen MR) is 103 cm³/mol. The maximum atomic E-state index is 12.2. The Kier molecular flexibility index (Phi) is 6.46. The Bertz CT molecular complexity index is 906. The molecule has 28 heavy (non-hydrogen) atoms.